The van der Waals surface area contributed by atoms with Crippen molar-refractivity contribution in [2.75, 3.05) is 0 Å². The summed E-state index contributed by atoms with van der Waals surface area (Å²) in [6.45, 7) is 12.7. The number of nitrogens with zero attached hydrogens (tertiary/aromatic N) is 2. The lowest BCUT2D eigenvalue weighted by atomic mass is 9.96. The van der Waals surface area contributed by atoms with E-state index in [1.54, 1.807) is 0 Å². The van der Waals surface area contributed by atoms with Gasteiger partial charge in [-0.1, -0.05) is 35.4 Å². The second kappa shape index (κ2) is 7.23. The molecular formula is C29H26N2O. The number of benzene rings is 2. The molecule has 1 aliphatic rings. The highest BCUT2D eigenvalue weighted by molar-refractivity contribution is 6.20. The number of carbonyl (C=O) groups is 1. The minimum atomic E-state index is 0.00259. The molecule has 0 unspecified atom stereocenters. The Labute approximate surface area is 189 Å². The average Bonchev–Trinajstić information content (AvgIpc) is 2.98. The lowest BCUT2D eigenvalue weighted by Crippen LogP contribution is -1.97. The molecule has 3 nitrogen and oxygen atoms in total. The van der Waals surface area contributed by atoms with E-state index in [1.165, 1.54) is 33.4 Å². The molecule has 0 bridgehead atoms. The maximum atomic E-state index is 13.1. The van der Waals surface area contributed by atoms with E-state index in [0.29, 0.717) is 22.5 Å². The molecule has 0 aliphatic heterocycles. The first kappa shape index (κ1) is 20.3. The molecule has 0 atom stereocenters. The Morgan fingerprint density at radius 2 is 0.875 bits per heavy atom. The molecule has 2 aromatic heterocycles. The van der Waals surface area contributed by atoms with Crippen LogP contribution in [0.15, 0.2) is 48.5 Å². The van der Waals surface area contributed by atoms with E-state index < -0.39 is 0 Å². The van der Waals surface area contributed by atoms with Crippen molar-refractivity contribution in [2.45, 2.75) is 41.5 Å². The van der Waals surface area contributed by atoms with Crippen LogP contribution in [0.5, 0.6) is 0 Å². The molecule has 0 fully saturated rings. The highest BCUT2D eigenvalue weighted by atomic mass is 16.1. The van der Waals surface area contributed by atoms with Gasteiger partial charge in [0.05, 0.1) is 22.5 Å². The summed E-state index contributed by atoms with van der Waals surface area (Å²) in [5.41, 5.74) is 13.9. The van der Waals surface area contributed by atoms with Crippen LogP contribution in [0.2, 0.25) is 0 Å². The smallest absolute Gasteiger partial charge is 0.197 e. The van der Waals surface area contributed by atoms with E-state index >= 15 is 0 Å². The maximum absolute atomic E-state index is 13.1. The lowest BCUT2D eigenvalue weighted by Gasteiger charge is -2.13. The molecule has 32 heavy (non-hydrogen) atoms. The fourth-order valence-electron chi connectivity index (χ4n) is 5.24. The third-order valence-corrected chi connectivity index (χ3v) is 6.37. The largest absolute Gasteiger partial charge is 0.288 e. The molecule has 0 radical (unpaired) electrons. The number of pyridine rings is 2. The standard InChI is InChI=1S/C29H26N2O/c1-15-11-17(3)25(18(4)12-15)23-9-7-21-27(30-23)28-22(29(21)32)8-10-24(31-28)26-19(5)13-16(2)14-20(26)6/h7-14H,1-6H3. The molecule has 2 heterocycles. The Morgan fingerprint density at radius 3 is 1.22 bits per heavy atom. The van der Waals surface area contributed by atoms with E-state index in [4.69, 9.17) is 9.97 Å². The Morgan fingerprint density at radius 1 is 0.531 bits per heavy atom. The van der Waals surface area contributed by atoms with Gasteiger partial charge in [-0.05, 0) is 88.1 Å². The van der Waals surface area contributed by atoms with Crippen LogP contribution in [0.25, 0.3) is 33.9 Å². The zero-order valence-corrected chi connectivity index (χ0v) is 19.4. The molecule has 2 aromatic carbocycles. The van der Waals surface area contributed by atoms with Gasteiger partial charge >= 0.3 is 0 Å². The molecule has 0 amide bonds. The minimum Gasteiger partial charge on any atom is -0.288 e. The first-order chi connectivity index (χ1) is 15.2. The van der Waals surface area contributed by atoms with Crippen LogP contribution < -0.4 is 0 Å². The van der Waals surface area contributed by atoms with Crippen molar-refractivity contribution >= 4 is 5.78 Å². The molecule has 0 saturated carbocycles. The predicted octanol–water partition coefficient (Wildman–Crippen LogP) is 6.87. The highest BCUT2D eigenvalue weighted by Crippen LogP contribution is 2.39. The Bertz CT molecular complexity index is 1290. The van der Waals surface area contributed by atoms with Crippen molar-refractivity contribution < 1.29 is 4.79 Å². The monoisotopic (exact) mass is 418 g/mol. The molecule has 0 spiro atoms. The normalized spacial score (nSPS) is 12.1. The van der Waals surface area contributed by atoms with Crippen molar-refractivity contribution in [3.05, 3.63) is 93.0 Å². The number of aryl methyl sites for hydroxylation is 6. The van der Waals surface area contributed by atoms with Crippen LogP contribution in [0, 0.1) is 41.5 Å². The zero-order chi connectivity index (χ0) is 22.7. The molecule has 0 saturated heterocycles. The van der Waals surface area contributed by atoms with Gasteiger partial charge in [-0.25, -0.2) is 9.97 Å². The van der Waals surface area contributed by atoms with E-state index in [-0.39, 0.29) is 5.78 Å². The summed E-state index contributed by atoms with van der Waals surface area (Å²) >= 11 is 0. The van der Waals surface area contributed by atoms with Crippen LogP contribution in [0.4, 0.5) is 0 Å². The van der Waals surface area contributed by atoms with Crippen LogP contribution in [0.1, 0.15) is 49.3 Å². The molecule has 158 valence electrons. The Kier molecular flexibility index (Phi) is 4.59. The Hall–Kier alpha value is -3.59. The molecule has 5 rings (SSSR count). The summed E-state index contributed by atoms with van der Waals surface area (Å²) in [7, 11) is 0. The number of hydrogen-bond acceptors (Lipinski definition) is 3. The van der Waals surface area contributed by atoms with Gasteiger partial charge in [-0.2, -0.15) is 0 Å². The summed E-state index contributed by atoms with van der Waals surface area (Å²) in [6.07, 6.45) is 0. The van der Waals surface area contributed by atoms with Crippen LogP contribution in [-0.4, -0.2) is 15.8 Å². The van der Waals surface area contributed by atoms with Crippen molar-refractivity contribution in [3.8, 4) is 33.9 Å². The fraction of sp³-hybridized carbons (Fsp3) is 0.207. The molecule has 1 aliphatic carbocycles. The van der Waals surface area contributed by atoms with Gasteiger partial charge < -0.3 is 0 Å². The van der Waals surface area contributed by atoms with Crippen LogP contribution in [0.3, 0.4) is 0 Å². The number of aromatic nitrogens is 2. The maximum Gasteiger partial charge on any atom is 0.197 e. The van der Waals surface area contributed by atoms with Crippen molar-refractivity contribution in [1.29, 1.82) is 0 Å². The first-order valence-electron chi connectivity index (χ1n) is 11.0. The van der Waals surface area contributed by atoms with E-state index in [1.807, 2.05) is 24.3 Å². The van der Waals surface area contributed by atoms with E-state index in [0.717, 1.165) is 22.5 Å². The van der Waals surface area contributed by atoms with Gasteiger partial charge in [-0.3, -0.25) is 4.79 Å². The lowest BCUT2D eigenvalue weighted by molar-refractivity contribution is 0.104. The molecule has 4 aromatic rings. The van der Waals surface area contributed by atoms with E-state index in [9.17, 15) is 4.79 Å². The number of ketones is 1. The van der Waals surface area contributed by atoms with E-state index in [2.05, 4.69) is 65.8 Å². The molecule has 0 N–H and O–H groups in total. The second-order valence-electron chi connectivity index (χ2n) is 9.06. The SMILES string of the molecule is Cc1cc(C)c(-c2ccc3c(n2)-c2nc(-c4c(C)cc(C)cc4C)ccc2C3=O)c(C)c1. The number of carbonyl (C=O) groups excluding carboxylic acids is 1. The number of rotatable bonds is 2. The number of fused-ring (bicyclic) bond motifs is 3. The summed E-state index contributed by atoms with van der Waals surface area (Å²) in [4.78, 5) is 23.0. The number of hydrogen-bond donors (Lipinski definition) is 0. The van der Waals surface area contributed by atoms with Gasteiger partial charge in [0, 0.05) is 11.1 Å². The fourth-order valence-corrected chi connectivity index (χ4v) is 5.24. The molecular weight excluding hydrogens is 392 g/mol. The average molecular weight is 419 g/mol. The zero-order valence-electron chi connectivity index (χ0n) is 19.4. The third kappa shape index (κ3) is 3.08. The second-order valence-corrected chi connectivity index (χ2v) is 9.06. The quantitative estimate of drug-likeness (QED) is 0.314. The summed E-state index contributed by atoms with van der Waals surface area (Å²) < 4.78 is 0. The van der Waals surface area contributed by atoms with Crippen molar-refractivity contribution in [2.24, 2.45) is 0 Å². The van der Waals surface area contributed by atoms with Crippen LogP contribution >= 0.6 is 0 Å². The Balaban J connectivity index is 1.70. The summed E-state index contributed by atoms with van der Waals surface area (Å²) in [6, 6.07) is 16.4. The topological polar surface area (TPSA) is 42.9 Å². The van der Waals surface area contributed by atoms with Gasteiger partial charge in [-0.15, -0.1) is 0 Å². The minimum absolute atomic E-state index is 0.00259. The highest BCUT2D eigenvalue weighted by Gasteiger charge is 2.30. The molecule has 3 heteroatoms. The van der Waals surface area contributed by atoms with Gasteiger partial charge in [0.1, 0.15) is 11.4 Å². The van der Waals surface area contributed by atoms with Crippen LogP contribution in [-0.2, 0) is 0 Å². The summed E-state index contributed by atoms with van der Waals surface area (Å²) in [5.74, 6) is 0.00259. The van der Waals surface area contributed by atoms with Crippen molar-refractivity contribution in [1.82, 2.24) is 9.97 Å². The van der Waals surface area contributed by atoms with Crippen molar-refractivity contribution in [3.63, 3.8) is 0 Å². The predicted molar refractivity (Wildman–Crippen MR) is 130 cm³/mol. The first-order valence-corrected chi connectivity index (χ1v) is 11.0. The van der Waals surface area contributed by atoms with Gasteiger partial charge in [0.25, 0.3) is 0 Å². The van der Waals surface area contributed by atoms with Gasteiger partial charge in [0.2, 0.25) is 0 Å². The third-order valence-electron chi connectivity index (χ3n) is 6.37. The summed E-state index contributed by atoms with van der Waals surface area (Å²) in [5, 5.41) is 0. The van der Waals surface area contributed by atoms with Gasteiger partial charge in [0.15, 0.2) is 5.78 Å².